The molecule has 2 unspecified atom stereocenters. The van der Waals surface area contributed by atoms with Crippen LogP contribution in [-0.4, -0.2) is 24.5 Å². The van der Waals surface area contributed by atoms with Gasteiger partial charge in [0.05, 0.1) is 11.5 Å². The van der Waals surface area contributed by atoms with Crippen molar-refractivity contribution in [3.8, 4) is 0 Å². The Hall–Kier alpha value is -1.35. The first-order chi connectivity index (χ1) is 9.18. The molecule has 102 valence electrons. The third kappa shape index (κ3) is 2.52. The van der Waals surface area contributed by atoms with E-state index < -0.39 is 0 Å². The molecule has 0 spiro atoms. The maximum absolute atomic E-state index is 12.6. The number of fused-ring (bicyclic) bond motifs is 1. The Morgan fingerprint density at radius 2 is 2.26 bits per heavy atom. The summed E-state index contributed by atoms with van der Waals surface area (Å²) >= 11 is 0. The second kappa shape index (κ2) is 4.97. The summed E-state index contributed by atoms with van der Waals surface area (Å²) < 4.78 is 0. The maximum Gasteiger partial charge on any atom is 0.228 e. The molecular formula is C16H22N2O. The zero-order valence-electron chi connectivity index (χ0n) is 11.5. The number of hydrogen-bond donors (Lipinski definition) is 2. The van der Waals surface area contributed by atoms with Crippen LogP contribution in [0.1, 0.15) is 43.2 Å². The van der Waals surface area contributed by atoms with Crippen LogP contribution in [0.3, 0.4) is 0 Å². The fourth-order valence-electron chi connectivity index (χ4n) is 3.33. The lowest BCUT2D eigenvalue weighted by Gasteiger charge is -2.30. The minimum Gasteiger partial charge on any atom is -0.349 e. The van der Waals surface area contributed by atoms with Crippen LogP contribution in [0.4, 0.5) is 0 Å². The lowest BCUT2D eigenvalue weighted by atomic mass is 9.82. The van der Waals surface area contributed by atoms with Gasteiger partial charge in [-0.3, -0.25) is 4.79 Å². The van der Waals surface area contributed by atoms with E-state index in [1.54, 1.807) is 0 Å². The molecule has 0 radical (unpaired) electrons. The van der Waals surface area contributed by atoms with Crippen LogP contribution >= 0.6 is 0 Å². The third-order valence-electron chi connectivity index (χ3n) is 4.48. The molecule has 1 heterocycles. The molecule has 1 fully saturated rings. The number of benzene rings is 1. The van der Waals surface area contributed by atoms with Gasteiger partial charge in [-0.15, -0.1) is 0 Å². The van der Waals surface area contributed by atoms with E-state index in [1.165, 1.54) is 11.1 Å². The van der Waals surface area contributed by atoms with Crippen molar-refractivity contribution in [3.63, 3.8) is 0 Å². The predicted molar refractivity (Wildman–Crippen MR) is 76.2 cm³/mol. The summed E-state index contributed by atoms with van der Waals surface area (Å²) in [6.45, 7) is 4.02. The lowest BCUT2D eigenvalue weighted by molar-refractivity contribution is -0.124. The van der Waals surface area contributed by atoms with E-state index in [2.05, 4.69) is 35.8 Å². The molecule has 2 N–H and O–H groups in total. The van der Waals surface area contributed by atoms with E-state index in [0.29, 0.717) is 0 Å². The fraction of sp³-hybridized carbons (Fsp3) is 0.562. The summed E-state index contributed by atoms with van der Waals surface area (Å²) in [5.74, 6) is 0.251. The number of nitrogens with one attached hydrogen (secondary N) is 2. The highest BCUT2D eigenvalue weighted by Gasteiger charge is 2.34. The van der Waals surface area contributed by atoms with Crippen molar-refractivity contribution in [2.24, 2.45) is 0 Å². The molecule has 1 aliphatic carbocycles. The third-order valence-corrected chi connectivity index (χ3v) is 4.48. The molecule has 1 amide bonds. The number of aryl methyl sites for hydroxylation is 1. The molecule has 1 aromatic carbocycles. The average molecular weight is 258 g/mol. The molecule has 2 atom stereocenters. The van der Waals surface area contributed by atoms with Crippen LogP contribution in [0.2, 0.25) is 0 Å². The zero-order chi connectivity index (χ0) is 13.3. The van der Waals surface area contributed by atoms with Crippen molar-refractivity contribution in [1.82, 2.24) is 10.6 Å². The van der Waals surface area contributed by atoms with Crippen LogP contribution in [0.25, 0.3) is 0 Å². The monoisotopic (exact) mass is 258 g/mol. The van der Waals surface area contributed by atoms with Gasteiger partial charge in [0.1, 0.15) is 0 Å². The Kier molecular flexibility index (Phi) is 3.31. The fourth-order valence-corrected chi connectivity index (χ4v) is 3.33. The molecule has 19 heavy (non-hydrogen) atoms. The first kappa shape index (κ1) is 12.7. The largest absolute Gasteiger partial charge is 0.349 e. The molecule has 3 rings (SSSR count). The Labute approximate surface area is 114 Å². The van der Waals surface area contributed by atoms with Crippen LogP contribution in [0.5, 0.6) is 0 Å². The van der Waals surface area contributed by atoms with E-state index in [-0.39, 0.29) is 17.4 Å². The minimum absolute atomic E-state index is 0.0439. The number of hydrogen-bond acceptors (Lipinski definition) is 2. The summed E-state index contributed by atoms with van der Waals surface area (Å²) in [7, 11) is 0. The second-order valence-electron chi connectivity index (χ2n) is 6.12. The Balaban J connectivity index is 1.78. The number of carbonyl (C=O) groups is 1. The van der Waals surface area contributed by atoms with Gasteiger partial charge in [0.25, 0.3) is 0 Å². The first-order valence-corrected chi connectivity index (χ1v) is 7.28. The quantitative estimate of drug-likeness (QED) is 0.851. The smallest absolute Gasteiger partial charge is 0.228 e. The van der Waals surface area contributed by atoms with Gasteiger partial charge >= 0.3 is 0 Å². The highest BCUT2D eigenvalue weighted by molar-refractivity contribution is 5.85. The van der Waals surface area contributed by atoms with Gasteiger partial charge in [0, 0.05) is 6.54 Å². The van der Waals surface area contributed by atoms with Gasteiger partial charge in [-0.25, -0.2) is 0 Å². The molecule has 1 saturated heterocycles. The van der Waals surface area contributed by atoms with Crippen molar-refractivity contribution in [2.75, 3.05) is 13.1 Å². The number of rotatable bonds is 2. The number of carbonyl (C=O) groups excluding carboxylic acids is 1. The van der Waals surface area contributed by atoms with Gasteiger partial charge in [0.15, 0.2) is 0 Å². The molecular weight excluding hydrogens is 236 g/mol. The predicted octanol–water partition coefficient (Wildman–Crippen LogP) is 1.97. The van der Waals surface area contributed by atoms with E-state index >= 15 is 0 Å². The SMILES string of the molecule is CC1(NC(=O)C2CCCc3ccccc32)CCNC1. The minimum atomic E-state index is -0.0660. The summed E-state index contributed by atoms with van der Waals surface area (Å²) in [5.41, 5.74) is 2.52. The molecule has 3 heteroatoms. The Morgan fingerprint density at radius 1 is 1.42 bits per heavy atom. The first-order valence-electron chi connectivity index (χ1n) is 7.28. The standard InChI is InChI=1S/C16H22N2O/c1-16(9-10-17-11-16)18-15(19)14-8-4-6-12-5-2-3-7-13(12)14/h2-3,5,7,14,17H,4,6,8-11H2,1H3,(H,18,19). The van der Waals surface area contributed by atoms with Gasteiger partial charge in [0.2, 0.25) is 5.91 Å². The van der Waals surface area contributed by atoms with E-state index in [0.717, 1.165) is 38.8 Å². The summed E-state index contributed by atoms with van der Waals surface area (Å²) in [4.78, 5) is 12.6. The Bertz CT molecular complexity index is 477. The van der Waals surface area contributed by atoms with Crippen molar-refractivity contribution in [1.29, 1.82) is 0 Å². The maximum atomic E-state index is 12.6. The van der Waals surface area contributed by atoms with Gasteiger partial charge in [-0.05, 0) is 50.3 Å². The van der Waals surface area contributed by atoms with E-state index in [4.69, 9.17) is 0 Å². The van der Waals surface area contributed by atoms with Crippen LogP contribution in [-0.2, 0) is 11.2 Å². The van der Waals surface area contributed by atoms with E-state index in [9.17, 15) is 4.79 Å². The van der Waals surface area contributed by atoms with Crippen molar-refractivity contribution < 1.29 is 4.79 Å². The average Bonchev–Trinajstić information content (AvgIpc) is 2.84. The van der Waals surface area contributed by atoms with Gasteiger partial charge < -0.3 is 10.6 Å². The highest BCUT2D eigenvalue weighted by Crippen LogP contribution is 2.32. The molecule has 0 bridgehead atoms. The molecule has 1 aliphatic heterocycles. The highest BCUT2D eigenvalue weighted by atomic mass is 16.2. The van der Waals surface area contributed by atoms with Crippen LogP contribution < -0.4 is 10.6 Å². The van der Waals surface area contributed by atoms with Gasteiger partial charge in [-0.1, -0.05) is 24.3 Å². The molecule has 1 aromatic rings. The van der Waals surface area contributed by atoms with Crippen molar-refractivity contribution in [2.45, 2.75) is 44.1 Å². The van der Waals surface area contributed by atoms with Crippen LogP contribution in [0, 0.1) is 0 Å². The molecule has 2 aliphatic rings. The molecule has 0 saturated carbocycles. The summed E-state index contributed by atoms with van der Waals surface area (Å²) in [5, 5.41) is 6.59. The normalized spacial score (nSPS) is 29.8. The molecule has 3 nitrogen and oxygen atoms in total. The van der Waals surface area contributed by atoms with E-state index in [1.807, 2.05) is 6.07 Å². The zero-order valence-corrected chi connectivity index (χ0v) is 11.5. The van der Waals surface area contributed by atoms with Crippen molar-refractivity contribution >= 4 is 5.91 Å². The summed E-state index contributed by atoms with van der Waals surface area (Å²) in [6.07, 6.45) is 4.22. The lowest BCUT2D eigenvalue weighted by Crippen LogP contribution is -2.49. The van der Waals surface area contributed by atoms with Crippen molar-refractivity contribution in [3.05, 3.63) is 35.4 Å². The van der Waals surface area contributed by atoms with Gasteiger partial charge in [-0.2, -0.15) is 0 Å². The second-order valence-corrected chi connectivity index (χ2v) is 6.12. The topological polar surface area (TPSA) is 41.1 Å². The summed E-state index contributed by atoms with van der Waals surface area (Å²) in [6, 6.07) is 8.40. The number of amides is 1. The van der Waals surface area contributed by atoms with Crippen LogP contribution in [0.15, 0.2) is 24.3 Å². The molecule has 0 aromatic heterocycles. The Morgan fingerprint density at radius 3 is 3.05 bits per heavy atom.